The molecule has 0 aliphatic carbocycles. The lowest BCUT2D eigenvalue weighted by atomic mass is 10.3. The molecule has 112 valence electrons. The smallest absolute Gasteiger partial charge is 0.231 e. The molecule has 0 aliphatic heterocycles. The number of nitrogens with zero attached hydrogens (tertiary/aromatic N) is 3. The largest absolute Gasteiger partial charge is 0.438 e. The molecule has 0 spiro atoms. The number of rotatable bonds is 4. The van der Waals surface area contributed by atoms with Gasteiger partial charge in [-0.1, -0.05) is 11.8 Å². The van der Waals surface area contributed by atoms with E-state index in [1.165, 1.54) is 6.33 Å². The Morgan fingerprint density at radius 2 is 1.65 bits per heavy atom. The normalized spacial score (nSPS) is 10.8. The van der Waals surface area contributed by atoms with Gasteiger partial charge in [-0.2, -0.15) is 0 Å². The van der Waals surface area contributed by atoms with Crippen LogP contribution in [0.4, 0.5) is 0 Å². The number of thiophene rings is 1. The first kappa shape index (κ1) is 14.2. The van der Waals surface area contributed by atoms with Crippen LogP contribution >= 0.6 is 23.1 Å². The number of aromatic nitrogens is 3. The van der Waals surface area contributed by atoms with Gasteiger partial charge < -0.3 is 4.74 Å². The minimum absolute atomic E-state index is 0.589. The van der Waals surface area contributed by atoms with Crippen LogP contribution < -0.4 is 4.74 Å². The summed E-state index contributed by atoms with van der Waals surface area (Å²) < 4.78 is 5.89. The molecule has 6 heteroatoms. The van der Waals surface area contributed by atoms with Gasteiger partial charge in [-0.05, 0) is 47.8 Å². The quantitative estimate of drug-likeness (QED) is 0.523. The van der Waals surface area contributed by atoms with E-state index in [4.69, 9.17) is 4.74 Å². The van der Waals surface area contributed by atoms with Gasteiger partial charge in [-0.15, -0.1) is 11.3 Å². The van der Waals surface area contributed by atoms with E-state index in [0.717, 1.165) is 25.8 Å². The summed E-state index contributed by atoms with van der Waals surface area (Å²) in [5, 5.41) is 2.92. The summed E-state index contributed by atoms with van der Waals surface area (Å²) in [5.41, 5.74) is 0. The summed E-state index contributed by atoms with van der Waals surface area (Å²) in [7, 11) is 0. The number of hydrogen-bond acceptors (Lipinski definition) is 6. The van der Waals surface area contributed by atoms with Crippen LogP contribution in [0.15, 0.2) is 76.4 Å². The van der Waals surface area contributed by atoms with E-state index in [0.29, 0.717) is 5.88 Å². The van der Waals surface area contributed by atoms with Crippen LogP contribution in [0.2, 0.25) is 0 Å². The van der Waals surface area contributed by atoms with Crippen molar-refractivity contribution in [2.45, 2.75) is 9.79 Å². The van der Waals surface area contributed by atoms with E-state index in [2.05, 4.69) is 15.0 Å². The van der Waals surface area contributed by atoms with Crippen molar-refractivity contribution in [3.63, 3.8) is 0 Å². The average molecular weight is 337 g/mol. The summed E-state index contributed by atoms with van der Waals surface area (Å²) in [5.74, 6) is 1.35. The third-order valence-electron chi connectivity index (χ3n) is 3.15. The fourth-order valence-electron chi connectivity index (χ4n) is 2.08. The third-order valence-corrected chi connectivity index (χ3v) is 4.99. The fraction of sp³-hybridized carbons (Fsp3) is 0. The van der Waals surface area contributed by atoms with Gasteiger partial charge in [-0.3, -0.25) is 4.98 Å². The maximum absolute atomic E-state index is 5.89. The molecule has 3 heterocycles. The molecule has 4 nitrogen and oxygen atoms in total. The van der Waals surface area contributed by atoms with Crippen LogP contribution in [-0.2, 0) is 0 Å². The van der Waals surface area contributed by atoms with Crippen LogP contribution in [0.25, 0.3) is 10.2 Å². The lowest BCUT2D eigenvalue weighted by Gasteiger charge is -2.06. The number of pyridine rings is 1. The molecule has 0 bridgehead atoms. The highest BCUT2D eigenvalue weighted by molar-refractivity contribution is 7.99. The van der Waals surface area contributed by atoms with Gasteiger partial charge in [0.05, 0.1) is 5.39 Å². The van der Waals surface area contributed by atoms with Crippen molar-refractivity contribution in [1.82, 2.24) is 15.0 Å². The lowest BCUT2D eigenvalue weighted by molar-refractivity contribution is 0.468. The van der Waals surface area contributed by atoms with Gasteiger partial charge >= 0.3 is 0 Å². The molecule has 4 rings (SSSR count). The molecule has 0 aliphatic rings. The van der Waals surface area contributed by atoms with Crippen LogP contribution in [-0.4, -0.2) is 15.0 Å². The first-order valence-electron chi connectivity index (χ1n) is 6.92. The molecular weight excluding hydrogens is 326 g/mol. The predicted octanol–water partition coefficient (Wildman–Crippen LogP) is 5.03. The molecule has 0 saturated heterocycles. The van der Waals surface area contributed by atoms with Crippen molar-refractivity contribution in [1.29, 1.82) is 0 Å². The van der Waals surface area contributed by atoms with E-state index < -0.39 is 0 Å². The summed E-state index contributed by atoms with van der Waals surface area (Å²) in [6, 6.07) is 13.9. The van der Waals surface area contributed by atoms with E-state index in [9.17, 15) is 0 Å². The third kappa shape index (κ3) is 3.18. The zero-order chi connectivity index (χ0) is 15.5. The van der Waals surface area contributed by atoms with Crippen molar-refractivity contribution < 1.29 is 4.74 Å². The highest BCUT2D eigenvalue weighted by atomic mass is 32.2. The van der Waals surface area contributed by atoms with Gasteiger partial charge in [0.1, 0.15) is 16.9 Å². The molecule has 0 unspecified atom stereocenters. The standard InChI is InChI=1S/C17H11N3OS2/c1-3-13(23-14-5-8-18-9-6-14)4-2-12(1)21-16-15-7-10-22-17(15)20-11-19-16/h1-11H. The molecule has 0 amide bonds. The monoisotopic (exact) mass is 337 g/mol. The molecule has 1 aromatic carbocycles. The summed E-state index contributed by atoms with van der Waals surface area (Å²) in [6.45, 7) is 0. The molecule has 0 atom stereocenters. The molecule has 0 radical (unpaired) electrons. The Hall–Kier alpha value is -2.44. The second kappa shape index (κ2) is 6.36. The minimum Gasteiger partial charge on any atom is -0.438 e. The van der Waals surface area contributed by atoms with Crippen molar-refractivity contribution in [3.8, 4) is 11.6 Å². The average Bonchev–Trinajstić information content (AvgIpc) is 3.07. The maximum Gasteiger partial charge on any atom is 0.231 e. The SMILES string of the molecule is c1cc(Sc2ccc(Oc3ncnc4sccc34)cc2)ccn1. The second-order valence-corrected chi connectivity index (χ2v) is 6.72. The van der Waals surface area contributed by atoms with Gasteiger partial charge in [0.25, 0.3) is 0 Å². The number of fused-ring (bicyclic) bond motifs is 1. The summed E-state index contributed by atoms with van der Waals surface area (Å²) in [6.07, 6.45) is 5.11. The van der Waals surface area contributed by atoms with E-state index >= 15 is 0 Å². The Morgan fingerprint density at radius 1 is 0.870 bits per heavy atom. The maximum atomic E-state index is 5.89. The van der Waals surface area contributed by atoms with E-state index in [1.54, 1.807) is 35.5 Å². The van der Waals surface area contributed by atoms with Gasteiger partial charge in [0, 0.05) is 22.2 Å². The number of ether oxygens (including phenoxy) is 1. The van der Waals surface area contributed by atoms with Crippen LogP contribution in [0.5, 0.6) is 11.6 Å². The van der Waals surface area contributed by atoms with Crippen LogP contribution in [0, 0.1) is 0 Å². The first-order chi connectivity index (χ1) is 11.4. The molecule has 23 heavy (non-hydrogen) atoms. The highest BCUT2D eigenvalue weighted by Gasteiger charge is 2.07. The molecule has 0 N–H and O–H groups in total. The zero-order valence-electron chi connectivity index (χ0n) is 11.9. The lowest BCUT2D eigenvalue weighted by Crippen LogP contribution is -1.89. The second-order valence-electron chi connectivity index (χ2n) is 4.68. The Bertz CT molecular complexity index is 923. The topological polar surface area (TPSA) is 47.9 Å². The van der Waals surface area contributed by atoms with Crippen molar-refractivity contribution >= 4 is 33.3 Å². The van der Waals surface area contributed by atoms with E-state index in [-0.39, 0.29) is 0 Å². The molecule has 0 fully saturated rings. The Morgan fingerprint density at radius 3 is 2.48 bits per heavy atom. The molecule has 3 aromatic heterocycles. The van der Waals surface area contributed by atoms with Crippen LogP contribution in [0.3, 0.4) is 0 Å². The van der Waals surface area contributed by atoms with E-state index in [1.807, 2.05) is 47.8 Å². The van der Waals surface area contributed by atoms with Crippen molar-refractivity contribution in [2.24, 2.45) is 0 Å². The molecule has 0 saturated carbocycles. The first-order valence-corrected chi connectivity index (χ1v) is 8.62. The van der Waals surface area contributed by atoms with Gasteiger partial charge in [0.2, 0.25) is 5.88 Å². The van der Waals surface area contributed by atoms with Gasteiger partial charge in [0.15, 0.2) is 0 Å². The highest BCUT2D eigenvalue weighted by Crippen LogP contribution is 2.32. The minimum atomic E-state index is 0.589. The zero-order valence-corrected chi connectivity index (χ0v) is 13.6. The number of hydrogen-bond donors (Lipinski definition) is 0. The van der Waals surface area contributed by atoms with Crippen LogP contribution in [0.1, 0.15) is 0 Å². The van der Waals surface area contributed by atoms with Crippen molar-refractivity contribution in [3.05, 3.63) is 66.6 Å². The summed E-state index contributed by atoms with van der Waals surface area (Å²) in [4.78, 5) is 15.7. The molecule has 4 aromatic rings. The molecular formula is C17H11N3OS2. The summed E-state index contributed by atoms with van der Waals surface area (Å²) >= 11 is 3.26. The van der Waals surface area contributed by atoms with Crippen molar-refractivity contribution in [2.75, 3.05) is 0 Å². The Kier molecular flexibility index (Phi) is 3.92. The number of benzene rings is 1. The predicted molar refractivity (Wildman–Crippen MR) is 92.3 cm³/mol. The Balaban J connectivity index is 1.53. The fourth-order valence-corrected chi connectivity index (χ4v) is 3.60. The Labute approximate surface area is 141 Å². The van der Waals surface area contributed by atoms with Gasteiger partial charge in [-0.25, -0.2) is 9.97 Å².